The van der Waals surface area contributed by atoms with Crippen LogP contribution in [0.1, 0.15) is 11.3 Å². The zero-order chi connectivity index (χ0) is 16.2. The van der Waals surface area contributed by atoms with Gasteiger partial charge in [0.1, 0.15) is 6.54 Å². The van der Waals surface area contributed by atoms with Crippen molar-refractivity contribution in [1.29, 1.82) is 0 Å². The van der Waals surface area contributed by atoms with Crippen molar-refractivity contribution in [2.75, 3.05) is 6.54 Å². The largest absolute Gasteiger partial charge is 0.354 e. The molecule has 2 heterocycles. The SMILES string of the molecule is Cc1csc(=O)n1CC(=O)NCCc1cccc2cccnc12. The van der Waals surface area contributed by atoms with Gasteiger partial charge in [-0.15, -0.1) is 0 Å². The van der Waals surface area contributed by atoms with E-state index in [1.54, 1.807) is 11.6 Å². The van der Waals surface area contributed by atoms with Crippen LogP contribution in [0.15, 0.2) is 46.7 Å². The van der Waals surface area contributed by atoms with Gasteiger partial charge in [0, 0.05) is 29.2 Å². The topological polar surface area (TPSA) is 64.0 Å². The number of carbonyl (C=O) groups is 1. The molecule has 0 fully saturated rings. The van der Waals surface area contributed by atoms with E-state index < -0.39 is 0 Å². The van der Waals surface area contributed by atoms with Crippen LogP contribution in [0.25, 0.3) is 10.9 Å². The van der Waals surface area contributed by atoms with E-state index in [0.29, 0.717) is 13.0 Å². The predicted molar refractivity (Wildman–Crippen MR) is 91.8 cm³/mol. The van der Waals surface area contributed by atoms with Crippen LogP contribution in [0, 0.1) is 6.92 Å². The zero-order valence-corrected chi connectivity index (χ0v) is 13.6. The predicted octanol–water partition coefficient (Wildman–Crippen LogP) is 2.13. The van der Waals surface area contributed by atoms with E-state index in [1.807, 2.05) is 37.3 Å². The second kappa shape index (κ2) is 6.75. The van der Waals surface area contributed by atoms with Gasteiger partial charge in [0.15, 0.2) is 0 Å². The number of benzene rings is 1. The minimum atomic E-state index is -0.151. The van der Waals surface area contributed by atoms with Crippen molar-refractivity contribution in [2.24, 2.45) is 0 Å². The summed E-state index contributed by atoms with van der Waals surface area (Å²) in [7, 11) is 0. The molecule has 2 aromatic heterocycles. The van der Waals surface area contributed by atoms with Crippen LogP contribution in [-0.4, -0.2) is 22.0 Å². The molecule has 0 atom stereocenters. The van der Waals surface area contributed by atoms with E-state index in [1.165, 1.54) is 4.57 Å². The Morgan fingerprint density at radius 1 is 1.30 bits per heavy atom. The van der Waals surface area contributed by atoms with Crippen LogP contribution in [0.4, 0.5) is 0 Å². The summed E-state index contributed by atoms with van der Waals surface area (Å²) >= 11 is 1.11. The highest BCUT2D eigenvalue weighted by Crippen LogP contribution is 2.15. The molecule has 1 N–H and O–H groups in total. The van der Waals surface area contributed by atoms with Gasteiger partial charge < -0.3 is 5.32 Å². The quantitative estimate of drug-likeness (QED) is 0.781. The lowest BCUT2D eigenvalue weighted by Gasteiger charge is -2.08. The Bertz CT molecular complexity index is 893. The van der Waals surface area contributed by atoms with Crippen LogP contribution in [0.5, 0.6) is 0 Å². The molecule has 0 unspecified atom stereocenters. The van der Waals surface area contributed by atoms with Crippen molar-refractivity contribution in [3.8, 4) is 0 Å². The fourth-order valence-corrected chi connectivity index (χ4v) is 3.24. The number of carbonyl (C=O) groups excluding carboxylic acids is 1. The van der Waals surface area contributed by atoms with Gasteiger partial charge in [-0.1, -0.05) is 35.6 Å². The Morgan fingerprint density at radius 2 is 2.13 bits per heavy atom. The number of para-hydroxylation sites is 1. The maximum absolute atomic E-state index is 12.0. The molecular formula is C17H17N3O2S. The van der Waals surface area contributed by atoms with Crippen LogP contribution in [0.2, 0.25) is 0 Å². The van der Waals surface area contributed by atoms with Crippen LogP contribution in [-0.2, 0) is 17.8 Å². The Labute approximate surface area is 137 Å². The number of nitrogens with zero attached hydrogens (tertiary/aromatic N) is 2. The molecule has 23 heavy (non-hydrogen) atoms. The Kier molecular flexibility index (Phi) is 4.52. The first kappa shape index (κ1) is 15.4. The Morgan fingerprint density at radius 3 is 2.91 bits per heavy atom. The molecule has 0 saturated carbocycles. The number of fused-ring (bicyclic) bond motifs is 1. The summed E-state index contributed by atoms with van der Waals surface area (Å²) in [5.41, 5.74) is 2.88. The number of hydrogen-bond donors (Lipinski definition) is 1. The fourth-order valence-electron chi connectivity index (χ4n) is 2.50. The second-order valence-corrected chi connectivity index (χ2v) is 6.14. The van der Waals surface area contributed by atoms with E-state index in [0.717, 1.165) is 33.5 Å². The van der Waals surface area contributed by atoms with Crippen molar-refractivity contribution < 1.29 is 4.79 Å². The molecule has 3 rings (SSSR count). The standard InChI is InChI=1S/C17H17N3O2S/c1-12-11-23-17(22)20(12)10-15(21)18-9-7-14-5-2-4-13-6-3-8-19-16(13)14/h2-6,8,11H,7,9-10H2,1H3,(H,18,21). The number of thiazole rings is 1. The van der Waals surface area contributed by atoms with Crippen molar-refractivity contribution in [2.45, 2.75) is 19.9 Å². The van der Waals surface area contributed by atoms with E-state index in [2.05, 4.69) is 10.3 Å². The molecule has 1 aromatic carbocycles. The molecule has 0 bridgehead atoms. The van der Waals surface area contributed by atoms with Crippen molar-refractivity contribution in [3.63, 3.8) is 0 Å². The molecule has 0 spiro atoms. The first-order chi connectivity index (χ1) is 11.1. The van der Waals surface area contributed by atoms with Gasteiger partial charge in [-0.3, -0.25) is 19.1 Å². The maximum atomic E-state index is 12.0. The first-order valence-corrected chi connectivity index (χ1v) is 8.27. The lowest BCUT2D eigenvalue weighted by atomic mass is 10.1. The normalized spacial score (nSPS) is 10.8. The van der Waals surface area contributed by atoms with Gasteiger partial charge in [-0.25, -0.2) is 0 Å². The molecular weight excluding hydrogens is 310 g/mol. The number of rotatable bonds is 5. The number of aryl methyl sites for hydroxylation is 1. The lowest BCUT2D eigenvalue weighted by molar-refractivity contribution is -0.121. The van der Waals surface area contributed by atoms with Crippen LogP contribution in [0.3, 0.4) is 0 Å². The van der Waals surface area contributed by atoms with Crippen molar-refractivity contribution in [1.82, 2.24) is 14.9 Å². The van der Waals surface area contributed by atoms with Crippen LogP contribution >= 0.6 is 11.3 Å². The summed E-state index contributed by atoms with van der Waals surface area (Å²) in [6.07, 6.45) is 2.48. The molecule has 0 saturated heterocycles. The van der Waals surface area contributed by atoms with Gasteiger partial charge in [0.2, 0.25) is 5.91 Å². The summed E-state index contributed by atoms with van der Waals surface area (Å²) in [5, 5.41) is 5.72. The van der Waals surface area contributed by atoms with Gasteiger partial charge in [0.05, 0.1) is 5.52 Å². The lowest BCUT2D eigenvalue weighted by Crippen LogP contribution is -2.32. The number of aromatic nitrogens is 2. The number of hydrogen-bond acceptors (Lipinski definition) is 4. The van der Waals surface area contributed by atoms with Crippen molar-refractivity contribution >= 4 is 28.1 Å². The summed E-state index contributed by atoms with van der Waals surface area (Å²) < 4.78 is 1.49. The highest BCUT2D eigenvalue weighted by Gasteiger charge is 2.08. The molecule has 0 radical (unpaired) electrons. The van der Waals surface area contributed by atoms with E-state index in [9.17, 15) is 9.59 Å². The minimum Gasteiger partial charge on any atom is -0.354 e. The third-order valence-electron chi connectivity index (χ3n) is 3.71. The molecule has 1 amide bonds. The Balaban J connectivity index is 1.61. The first-order valence-electron chi connectivity index (χ1n) is 7.39. The summed E-state index contributed by atoms with van der Waals surface area (Å²) in [6.45, 7) is 2.42. The Hall–Kier alpha value is -2.47. The van der Waals surface area contributed by atoms with Crippen LogP contribution < -0.4 is 10.2 Å². The van der Waals surface area contributed by atoms with Gasteiger partial charge in [-0.05, 0) is 25.0 Å². The maximum Gasteiger partial charge on any atom is 0.307 e. The molecule has 0 aliphatic rings. The highest BCUT2D eigenvalue weighted by molar-refractivity contribution is 7.07. The van der Waals surface area contributed by atoms with E-state index in [4.69, 9.17) is 0 Å². The zero-order valence-electron chi connectivity index (χ0n) is 12.8. The van der Waals surface area contributed by atoms with E-state index >= 15 is 0 Å². The van der Waals surface area contributed by atoms with Crippen molar-refractivity contribution in [3.05, 3.63) is 62.8 Å². The average molecular weight is 327 g/mol. The molecule has 0 aliphatic heterocycles. The van der Waals surface area contributed by atoms with Gasteiger partial charge in [-0.2, -0.15) is 0 Å². The minimum absolute atomic E-state index is 0.0714. The van der Waals surface area contributed by atoms with Gasteiger partial charge >= 0.3 is 4.87 Å². The number of nitrogens with one attached hydrogen (secondary N) is 1. The molecule has 118 valence electrons. The highest BCUT2D eigenvalue weighted by atomic mass is 32.1. The average Bonchev–Trinajstić information content (AvgIpc) is 2.87. The third-order valence-corrected chi connectivity index (χ3v) is 4.59. The molecule has 3 aromatic rings. The number of amides is 1. The monoisotopic (exact) mass is 327 g/mol. The molecule has 6 heteroatoms. The van der Waals surface area contributed by atoms with Gasteiger partial charge in [0.25, 0.3) is 0 Å². The molecule has 5 nitrogen and oxygen atoms in total. The second-order valence-electron chi connectivity index (χ2n) is 5.32. The smallest absolute Gasteiger partial charge is 0.307 e. The number of pyridine rings is 1. The fraction of sp³-hybridized carbons (Fsp3) is 0.235. The van der Waals surface area contributed by atoms with E-state index in [-0.39, 0.29) is 17.3 Å². The third kappa shape index (κ3) is 3.48. The summed E-state index contributed by atoms with van der Waals surface area (Å²) in [6, 6.07) is 9.98. The summed E-state index contributed by atoms with van der Waals surface area (Å²) in [4.78, 5) is 27.9. The molecule has 0 aliphatic carbocycles. The summed E-state index contributed by atoms with van der Waals surface area (Å²) in [5.74, 6) is -0.151.